The molecule has 8 nitrogen and oxygen atoms in total. The fraction of sp³-hybridized carbons (Fsp3) is 0.312. The van der Waals surface area contributed by atoms with E-state index in [0.29, 0.717) is 27.5 Å². The van der Waals surface area contributed by atoms with Crippen molar-refractivity contribution in [2.75, 3.05) is 18.2 Å². The molecule has 0 unspecified atom stereocenters. The summed E-state index contributed by atoms with van der Waals surface area (Å²) in [6.07, 6.45) is 0. The highest BCUT2D eigenvalue weighted by Crippen LogP contribution is 2.61. The van der Waals surface area contributed by atoms with E-state index in [9.17, 15) is 14.4 Å². The third-order valence-electron chi connectivity index (χ3n) is 7.92. The van der Waals surface area contributed by atoms with Crippen molar-refractivity contribution < 1.29 is 23.9 Å². The zero-order valence-electron chi connectivity index (χ0n) is 23.4. The Labute approximate surface area is 244 Å². The van der Waals surface area contributed by atoms with E-state index >= 15 is 0 Å². The molecule has 1 saturated heterocycles. The number of esters is 2. The highest BCUT2D eigenvalue weighted by atomic mass is 35.5. The third-order valence-corrected chi connectivity index (χ3v) is 8.17. The van der Waals surface area contributed by atoms with Crippen LogP contribution in [0.3, 0.4) is 0 Å². The van der Waals surface area contributed by atoms with E-state index in [1.807, 2.05) is 49.4 Å². The average Bonchev–Trinajstić information content (AvgIpc) is 3.44. The van der Waals surface area contributed by atoms with Gasteiger partial charge in [-0.2, -0.15) is 10.1 Å². The number of nitrogens with one attached hydrogen (secondary N) is 1. The summed E-state index contributed by atoms with van der Waals surface area (Å²) in [5.41, 5.74) is -0.340. The molecule has 1 N–H and O–H groups in total. The molecule has 3 aromatic rings. The molecule has 2 aliphatic heterocycles. The number of carbonyl (C=O) groups excluding carboxylic acids is 3. The van der Waals surface area contributed by atoms with Gasteiger partial charge < -0.3 is 9.47 Å². The van der Waals surface area contributed by atoms with Crippen LogP contribution in [0.1, 0.15) is 49.4 Å². The summed E-state index contributed by atoms with van der Waals surface area (Å²) in [6.45, 7) is 7.10. The fourth-order valence-corrected chi connectivity index (χ4v) is 6.28. The highest BCUT2D eigenvalue weighted by molar-refractivity contribution is 6.30. The van der Waals surface area contributed by atoms with E-state index in [-0.39, 0.29) is 19.1 Å². The maximum absolute atomic E-state index is 14.9. The van der Waals surface area contributed by atoms with Crippen molar-refractivity contribution in [3.8, 4) is 0 Å². The van der Waals surface area contributed by atoms with E-state index in [1.165, 1.54) is 5.01 Å². The monoisotopic (exact) mass is 573 g/mol. The zero-order valence-corrected chi connectivity index (χ0v) is 24.1. The smallest absolute Gasteiger partial charge is 0.338 e. The van der Waals surface area contributed by atoms with Crippen molar-refractivity contribution in [3.63, 3.8) is 0 Å². The Bertz CT molecular complexity index is 1470. The standard InChI is InChI=1S/C32H32ClN3O5/c1-5-40-29(38)32(30(39)41-6-2)26(22-14-12-20(3)13-15-22)31(27(34-32)23-16-18-24(33)19-17-23)21(4)35-36(28(31)37)25-10-8-7-9-11-25/h7-19,26-27,34H,5-6H2,1-4H3/t26-,27+,31+/m0/s1. The molecule has 3 atom stereocenters. The molecule has 1 fully saturated rings. The first kappa shape index (κ1) is 28.5. The molecule has 5 rings (SSSR count). The van der Waals surface area contributed by atoms with E-state index in [2.05, 4.69) is 5.32 Å². The van der Waals surface area contributed by atoms with E-state index in [1.54, 1.807) is 57.2 Å². The van der Waals surface area contributed by atoms with Gasteiger partial charge in [0.1, 0.15) is 5.41 Å². The lowest BCUT2D eigenvalue weighted by molar-refractivity contribution is -0.166. The number of halogens is 1. The molecule has 1 amide bonds. The van der Waals surface area contributed by atoms with Crippen molar-refractivity contribution in [2.24, 2.45) is 10.5 Å². The lowest BCUT2D eigenvalue weighted by atomic mass is 9.61. The largest absolute Gasteiger partial charge is 0.464 e. The van der Waals surface area contributed by atoms with Crippen LogP contribution in [0.15, 0.2) is 84.0 Å². The van der Waals surface area contributed by atoms with E-state index in [4.69, 9.17) is 26.2 Å². The van der Waals surface area contributed by atoms with Crippen LogP contribution in [0, 0.1) is 12.3 Å². The van der Waals surface area contributed by atoms with Gasteiger partial charge in [-0.3, -0.25) is 10.1 Å². The van der Waals surface area contributed by atoms with Crippen LogP contribution in [-0.4, -0.2) is 42.3 Å². The second-order valence-electron chi connectivity index (χ2n) is 10.2. The van der Waals surface area contributed by atoms with Crippen LogP contribution in [0.25, 0.3) is 0 Å². The highest BCUT2D eigenvalue weighted by Gasteiger charge is 2.76. The van der Waals surface area contributed by atoms with Crippen molar-refractivity contribution >= 4 is 40.8 Å². The predicted octanol–water partition coefficient (Wildman–Crippen LogP) is 5.35. The maximum atomic E-state index is 14.9. The number of aryl methyl sites for hydroxylation is 1. The molecule has 41 heavy (non-hydrogen) atoms. The van der Waals surface area contributed by atoms with Crippen LogP contribution >= 0.6 is 11.6 Å². The molecule has 0 saturated carbocycles. The minimum absolute atomic E-state index is 0.0258. The average molecular weight is 574 g/mol. The third kappa shape index (κ3) is 4.42. The Morgan fingerprint density at radius 1 is 0.878 bits per heavy atom. The first-order valence-corrected chi connectivity index (χ1v) is 14.0. The minimum atomic E-state index is -2.06. The van der Waals surface area contributed by atoms with Gasteiger partial charge in [-0.1, -0.05) is 71.8 Å². The molecule has 0 radical (unpaired) electrons. The molecule has 2 aliphatic rings. The summed E-state index contributed by atoms with van der Waals surface area (Å²) >= 11 is 6.24. The number of benzene rings is 3. The van der Waals surface area contributed by atoms with Gasteiger partial charge in [0.05, 0.1) is 30.7 Å². The number of para-hydroxylation sites is 1. The van der Waals surface area contributed by atoms with Crippen LogP contribution in [-0.2, 0) is 23.9 Å². The second kappa shape index (κ2) is 11.1. The van der Waals surface area contributed by atoms with Gasteiger partial charge in [-0.05, 0) is 63.1 Å². The Morgan fingerprint density at radius 3 is 2.00 bits per heavy atom. The molecule has 9 heteroatoms. The van der Waals surface area contributed by atoms with Gasteiger partial charge in [-0.15, -0.1) is 0 Å². The Hall–Kier alpha value is -4.01. The molecule has 0 bridgehead atoms. The van der Waals surface area contributed by atoms with Crippen molar-refractivity contribution in [3.05, 3.63) is 101 Å². The zero-order chi connectivity index (χ0) is 29.4. The fourth-order valence-electron chi connectivity index (χ4n) is 6.15. The van der Waals surface area contributed by atoms with Crippen LogP contribution in [0.4, 0.5) is 5.69 Å². The molecular formula is C32H32ClN3O5. The number of anilines is 1. The summed E-state index contributed by atoms with van der Waals surface area (Å²) < 4.78 is 11.1. The lowest BCUT2D eigenvalue weighted by Crippen LogP contribution is -2.60. The summed E-state index contributed by atoms with van der Waals surface area (Å²) in [6, 6.07) is 22.7. The number of hydrazone groups is 1. The second-order valence-corrected chi connectivity index (χ2v) is 10.7. The van der Waals surface area contributed by atoms with E-state index < -0.39 is 34.9 Å². The lowest BCUT2D eigenvalue weighted by Gasteiger charge is -2.37. The normalized spacial score (nSPS) is 23.0. The number of hydrogen-bond donors (Lipinski definition) is 1. The maximum Gasteiger partial charge on any atom is 0.338 e. The SMILES string of the molecule is CCOC(=O)C1(C(=O)OCC)N[C@H](c2ccc(Cl)cc2)[C@]2(C(=O)N(c3ccccc3)N=C2C)[C@@H]1c1ccc(C)cc1. The minimum Gasteiger partial charge on any atom is -0.464 e. The number of amides is 1. The molecule has 0 aromatic heterocycles. The van der Waals surface area contributed by atoms with E-state index in [0.717, 1.165) is 5.56 Å². The number of carbonyl (C=O) groups is 3. The van der Waals surface area contributed by atoms with Gasteiger partial charge in [0.25, 0.3) is 5.91 Å². The van der Waals surface area contributed by atoms with Gasteiger partial charge in [0, 0.05) is 10.9 Å². The molecular weight excluding hydrogens is 542 g/mol. The van der Waals surface area contributed by atoms with Gasteiger partial charge in [0.15, 0.2) is 0 Å². The van der Waals surface area contributed by atoms with Crippen molar-refractivity contribution in [1.82, 2.24) is 5.32 Å². The Morgan fingerprint density at radius 2 is 1.44 bits per heavy atom. The number of hydrogen-bond acceptors (Lipinski definition) is 7. The van der Waals surface area contributed by atoms with Crippen LogP contribution < -0.4 is 10.3 Å². The molecule has 2 heterocycles. The topological polar surface area (TPSA) is 97.3 Å². The molecule has 1 spiro atoms. The summed E-state index contributed by atoms with van der Waals surface area (Å²) in [5, 5.41) is 9.95. The van der Waals surface area contributed by atoms with Crippen LogP contribution in [0.5, 0.6) is 0 Å². The first-order chi connectivity index (χ1) is 19.7. The van der Waals surface area contributed by atoms with Gasteiger partial charge in [-0.25, -0.2) is 9.59 Å². The Balaban J connectivity index is 1.86. The quantitative estimate of drug-likeness (QED) is 0.302. The van der Waals surface area contributed by atoms with Crippen LogP contribution in [0.2, 0.25) is 5.02 Å². The number of rotatable bonds is 7. The first-order valence-electron chi connectivity index (χ1n) is 13.6. The van der Waals surface area contributed by atoms with Gasteiger partial charge in [0.2, 0.25) is 5.54 Å². The summed E-state index contributed by atoms with van der Waals surface area (Å²) in [5.74, 6) is -3.09. The predicted molar refractivity (Wildman–Crippen MR) is 157 cm³/mol. The molecule has 212 valence electrons. The summed E-state index contributed by atoms with van der Waals surface area (Å²) in [7, 11) is 0. The molecule has 0 aliphatic carbocycles. The number of nitrogens with zero attached hydrogens (tertiary/aromatic N) is 2. The summed E-state index contributed by atoms with van der Waals surface area (Å²) in [4.78, 5) is 43.1. The Kier molecular flexibility index (Phi) is 7.72. The van der Waals surface area contributed by atoms with Crippen molar-refractivity contribution in [1.29, 1.82) is 0 Å². The molecule has 3 aromatic carbocycles. The van der Waals surface area contributed by atoms with Gasteiger partial charge >= 0.3 is 11.9 Å². The van der Waals surface area contributed by atoms with Crippen molar-refractivity contribution in [2.45, 2.75) is 45.2 Å². The number of ether oxygens (including phenoxy) is 2.